The molecule has 0 aromatic rings. The van der Waals surface area contributed by atoms with Gasteiger partial charge >= 0.3 is 5.97 Å². The predicted octanol–water partition coefficient (Wildman–Crippen LogP) is 15.4. The maximum Gasteiger partial charge on any atom is 0.306 e. The lowest BCUT2D eigenvalue weighted by Crippen LogP contribution is -2.46. The average Bonchev–Trinajstić information content (AvgIpc) is 3.25. The molecule has 6 heteroatoms. The van der Waals surface area contributed by atoms with E-state index in [-0.39, 0.29) is 24.9 Å². The molecule has 3 atom stereocenters. The Morgan fingerprint density at radius 1 is 0.492 bits per heavy atom. The minimum absolute atomic E-state index is 0.0369. The van der Waals surface area contributed by atoms with Gasteiger partial charge in [0.1, 0.15) is 6.10 Å². The Kier molecular flexibility index (Phi) is 46.2. The van der Waals surface area contributed by atoms with E-state index in [0.717, 1.165) is 70.6 Å². The van der Waals surface area contributed by atoms with Crippen LogP contribution in [-0.4, -0.2) is 46.9 Å². The van der Waals surface area contributed by atoms with E-state index in [1.165, 1.54) is 122 Å². The van der Waals surface area contributed by atoms with Crippen molar-refractivity contribution in [2.24, 2.45) is 0 Å². The quantitative estimate of drug-likeness (QED) is 0.0245. The molecule has 1 amide bonds. The molecule has 0 aliphatic rings. The van der Waals surface area contributed by atoms with Crippen LogP contribution in [0.15, 0.2) is 72.9 Å². The van der Waals surface area contributed by atoms with Gasteiger partial charge in [0.2, 0.25) is 5.91 Å². The second kappa shape index (κ2) is 48.3. The van der Waals surface area contributed by atoms with Gasteiger partial charge in [0, 0.05) is 6.42 Å². The van der Waals surface area contributed by atoms with Crippen LogP contribution < -0.4 is 5.32 Å². The van der Waals surface area contributed by atoms with E-state index >= 15 is 0 Å². The van der Waals surface area contributed by atoms with E-state index in [2.05, 4.69) is 56.5 Å². The van der Waals surface area contributed by atoms with Crippen molar-refractivity contribution in [2.75, 3.05) is 6.61 Å². The fraction of sp³-hybridized carbons (Fsp3) is 0.745. The Morgan fingerprint density at radius 3 is 1.43 bits per heavy atom. The molecular weight excluding hydrogens is 755 g/mol. The summed E-state index contributed by atoms with van der Waals surface area (Å²) in [6.07, 6.45) is 61.1. The number of aliphatic hydroxyl groups excluding tert-OH is 2. The Bertz CT molecular complexity index is 1140. The Labute approximate surface area is 377 Å². The standard InChI is InChI=1S/C55H97NO5/c1-4-7-10-13-16-19-22-24-26-28-29-32-35-38-41-44-47-53(58)52(50-57)56-54(59)49-51(46-43-40-37-34-31-21-18-15-12-9-6-3)61-55(60)48-45-42-39-36-33-30-27-25-23-20-17-14-11-8-5-2/h8,11,14,17,20,23,25,27,30,33-34,37,51-53,57-58H,4-7,9-10,12-13,15-16,18-19,21-22,24,26,28-29,31-32,35-36,38-50H2,1-3H3,(H,56,59)/b11-8+,17-14+,23-20-,27-25-,33-30+,37-34-. The third-order valence-corrected chi connectivity index (χ3v) is 11.4. The predicted molar refractivity (Wildman–Crippen MR) is 264 cm³/mol. The lowest BCUT2D eigenvalue weighted by atomic mass is 10.0. The number of hydrogen-bond acceptors (Lipinski definition) is 5. The third-order valence-electron chi connectivity index (χ3n) is 11.4. The Morgan fingerprint density at radius 2 is 0.918 bits per heavy atom. The number of ether oxygens (including phenoxy) is 1. The molecule has 61 heavy (non-hydrogen) atoms. The van der Waals surface area contributed by atoms with Crippen LogP contribution in [0.25, 0.3) is 0 Å². The lowest BCUT2D eigenvalue weighted by Gasteiger charge is -2.24. The van der Waals surface area contributed by atoms with Crippen LogP contribution in [0.5, 0.6) is 0 Å². The summed E-state index contributed by atoms with van der Waals surface area (Å²) < 4.78 is 5.88. The van der Waals surface area contributed by atoms with Gasteiger partial charge in [-0.25, -0.2) is 0 Å². The monoisotopic (exact) mass is 852 g/mol. The normalized spacial score (nSPS) is 13.9. The number of aliphatic hydroxyl groups is 2. The fourth-order valence-electron chi connectivity index (χ4n) is 7.51. The van der Waals surface area contributed by atoms with E-state index in [4.69, 9.17) is 4.74 Å². The van der Waals surface area contributed by atoms with Crippen LogP contribution in [0.1, 0.15) is 239 Å². The molecule has 3 N–H and O–H groups in total. The van der Waals surface area contributed by atoms with Gasteiger partial charge < -0.3 is 20.3 Å². The maximum absolute atomic E-state index is 13.2. The molecule has 0 aliphatic carbocycles. The zero-order valence-electron chi connectivity index (χ0n) is 40.0. The summed E-state index contributed by atoms with van der Waals surface area (Å²) >= 11 is 0. The molecule has 352 valence electrons. The first kappa shape index (κ1) is 58.3. The minimum Gasteiger partial charge on any atom is -0.462 e. The van der Waals surface area contributed by atoms with Crippen LogP contribution in [0.4, 0.5) is 0 Å². The van der Waals surface area contributed by atoms with Gasteiger partial charge in [0.05, 0.1) is 25.2 Å². The van der Waals surface area contributed by atoms with E-state index in [1.807, 2.05) is 42.5 Å². The van der Waals surface area contributed by atoms with Crippen molar-refractivity contribution in [2.45, 2.75) is 257 Å². The highest BCUT2D eigenvalue weighted by Crippen LogP contribution is 2.17. The van der Waals surface area contributed by atoms with E-state index in [0.29, 0.717) is 19.3 Å². The number of hydrogen-bond donors (Lipinski definition) is 3. The number of nitrogens with one attached hydrogen (secondary N) is 1. The van der Waals surface area contributed by atoms with Crippen molar-refractivity contribution >= 4 is 11.9 Å². The number of esters is 1. The van der Waals surface area contributed by atoms with E-state index < -0.39 is 18.2 Å². The summed E-state index contributed by atoms with van der Waals surface area (Å²) in [6.45, 7) is 6.31. The van der Waals surface area contributed by atoms with Gasteiger partial charge in [0.15, 0.2) is 0 Å². The molecule has 0 radical (unpaired) electrons. The van der Waals surface area contributed by atoms with Gasteiger partial charge in [-0.15, -0.1) is 0 Å². The molecule has 0 bridgehead atoms. The van der Waals surface area contributed by atoms with Crippen LogP contribution in [0, 0.1) is 0 Å². The maximum atomic E-state index is 13.2. The van der Waals surface area contributed by atoms with E-state index in [9.17, 15) is 19.8 Å². The van der Waals surface area contributed by atoms with Crippen molar-refractivity contribution < 1.29 is 24.5 Å². The first-order valence-corrected chi connectivity index (χ1v) is 25.7. The highest BCUT2D eigenvalue weighted by atomic mass is 16.5. The number of rotatable bonds is 45. The van der Waals surface area contributed by atoms with Gasteiger partial charge in [-0.1, -0.05) is 235 Å². The molecule has 0 heterocycles. The summed E-state index contributed by atoms with van der Waals surface area (Å²) in [4.78, 5) is 26.1. The highest BCUT2D eigenvalue weighted by Gasteiger charge is 2.24. The zero-order chi connectivity index (χ0) is 44.5. The molecule has 0 rings (SSSR count). The largest absolute Gasteiger partial charge is 0.462 e. The second-order valence-electron chi connectivity index (χ2n) is 17.3. The summed E-state index contributed by atoms with van der Waals surface area (Å²) in [5, 5.41) is 23.8. The topological polar surface area (TPSA) is 95.9 Å². The van der Waals surface area contributed by atoms with Gasteiger partial charge in [0.25, 0.3) is 0 Å². The molecule has 0 saturated heterocycles. The SMILES string of the molecule is CC/C=C/C=C/C=C\C=C/C=C/CCCCCC(=O)OC(CCC/C=C\CCCCCCCC)CC(=O)NC(CO)C(O)CCCCCCCCCCCCCCCCCC. The summed E-state index contributed by atoms with van der Waals surface area (Å²) in [5.74, 6) is -0.554. The van der Waals surface area contributed by atoms with Crippen molar-refractivity contribution in [3.8, 4) is 0 Å². The number of carbonyl (C=O) groups excluding carboxylic acids is 2. The number of carbonyl (C=O) groups is 2. The van der Waals surface area contributed by atoms with Crippen LogP contribution in [0.2, 0.25) is 0 Å². The van der Waals surface area contributed by atoms with Gasteiger partial charge in [-0.2, -0.15) is 0 Å². The average molecular weight is 852 g/mol. The van der Waals surface area contributed by atoms with Gasteiger partial charge in [-0.3, -0.25) is 9.59 Å². The smallest absolute Gasteiger partial charge is 0.306 e. The van der Waals surface area contributed by atoms with Crippen molar-refractivity contribution in [3.63, 3.8) is 0 Å². The molecule has 0 aromatic heterocycles. The number of allylic oxidation sites excluding steroid dienone is 12. The van der Waals surface area contributed by atoms with Crippen molar-refractivity contribution in [3.05, 3.63) is 72.9 Å². The first-order chi connectivity index (χ1) is 30.0. The lowest BCUT2D eigenvalue weighted by molar-refractivity contribution is -0.151. The Hall–Kier alpha value is -2.70. The van der Waals surface area contributed by atoms with Crippen LogP contribution in [0.3, 0.4) is 0 Å². The molecule has 0 aromatic carbocycles. The van der Waals surface area contributed by atoms with Crippen molar-refractivity contribution in [1.82, 2.24) is 5.32 Å². The molecule has 0 saturated carbocycles. The minimum atomic E-state index is -0.804. The number of unbranched alkanes of at least 4 members (excludes halogenated alkanes) is 25. The molecular formula is C55H97NO5. The summed E-state index contributed by atoms with van der Waals surface area (Å²) in [6, 6.07) is -0.721. The summed E-state index contributed by atoms with van der Waals surface area (Å²) in [5.41, 5.74) is 0. The zero-order valence-corrected chi connectivity index (χ0v) is 40.0. The van der Waals surface area contributed by atoms with Crippen LogP contribution in [-0.2, 0) is 14.3 Å². The van der Waals surface area contributed by atoms with Crippen molar-refractivity contribution in [1.29, 1.82) is 0 Å². The number of amides is 1. The van der Waals surface area contributed by atoms with Gasteiger partial charge in [-0.05, 0) is 64.2 Å². The van der Waals surface area contributed by atoms with Crippen LogP contribution >= 0.6 is 0 Å². The second-order valence-corrected chi connectivity index (χ2v) is 17.3. The molecule has 3 unspecified atom stereocenters. The molecule has 0 fully saturated rings. The molecule has 6 nitrogen and oxygen atoms in total. The molecule has 0 spiro atoms. The summed E-state index contributed by atoms with van der Waals surface area (Å²) in [7, 11) is 0. The third kappa shape index (κ3) is 43.7. The highest BCUT2D eigenvalue weighted by molar-refractivity contribution is 5.77. The van der Waals surface area contributed by atoms with E-state index in [1.54, 1.807) is 0 Å². The fourth-order valence-corrected chi connectivity index (χ4v) is 7.51. The Balaban J connectivity index is 4.60. The molecule has 0 aliphatic heterocycles. The first-order valence-electron chi connectivity index (χ1n) is 25.7.